The van der Waals surface area contributed by atoms with E-state index in [2.05, 4.69) is 4.98 Å². The zero-order chi connectivity index (χ0) is 9.30. The molecule has 0 aliphatic heterocycles. The van der Waals surface area contributed by atoms with E-state index in [4.69, 9.17) is 5.73 Å². The molecule has 1 aromatic heterocycles. The maximum Gasteiger partial charge on any atom is 0.319 e. The molecule has 1 aromatic rings. The van der Waals surface area contributed by atoms with Crippen molar-refractivity contribution in [2.75, 3.05) is 0 Å². The molecule has 0 saturated heterocycles. The van der Waals surface area contributed by atoms with Gasteiger partial charge in [0, 0.05) is 12.2 Å². The number of alkyl halides is 2. The number of nitrogens with two attached hydrogens (primary N) is 1. The molecular weight excluding hydrogens is 164 g/mol. The third-order valence-corrected chi connectivity index (χ3v) is 1.61. The van der Waals surface area contributed by atoms with Crippen molar-refractivity contribution in [1.29, 1.82) is 0 Å². The Kier molecular flexibility index (Phi) is 2.42. The molecule has 0 unspecified atom stereocenters. The molecular formula is C7H11F2N3. The number of aromatic nitrogens is 2. The van der Waals surface area contributed by atoms with Gasteiger partial charge in [0.15, 0.2) is 0 Å². The highest BCUT2D eigenvalue weighted by Gasteiger charge is 2.13. The fraction of sp³-hybridized carbons (Fsp3) is 0.571. The van der Waals surface area contributed by atoms with E-state index in [9.17, 15) is 8.78 Å². The smallest absolute Gasteiger partial charge is 0.319 e. The van der Waals surface area contributed by atoms with Crippen LogP contribution in [0, 0.1) is 6.92 Å². The molecule has 5 heteroatoms. The van der Waals surface area contributed by atoms with E-state index in [0.717, 1.165) is 4.57 Å². The maximum absolute atomic E-state index is 12.2. The van der Waals surface area contributed by atoms with Crippen LogP contribution in [0.3, 0.4) is 0 Å². The molecule has 0 bridgehead atoms. The molecule has 0 amide bonds. The Bertz CT molecular complexity index is 268. The number of halogens is 2. The second-order valence-electron chi connectivity index (χ2n) is 2.69. The van der Waals surface area contributed by atoms with Crippen LogP contribution in [0.4, 0.5) is 8.78 Å². The van der Waals surface area contributed by atoms with E-state index in [-0.39, 0.29) is 11.9 Å². The van der Waals surface area contributed by atoms with Crippen LogP contribution in [0.15, 0.2) is 6.20 Å². The summed E-state index contributed by atoms with van der Waals surface area (Å²) in [6.45, 7) is 0.695. The maximum atomic E-state index is 12.2. The molecule has 0 spiro atoms. The number of hydrogen-bond acceptors (Lipinski definition) is 2. The summed E-state index contributed by atoms with van der Waals surface area (Å²) in [4.78, 5) is 3.89. The van der Waals surface area contributed by atoms with Gasteiger partial charge in [-0.1, -0.05) is 0 Å². The third-order valence-electron chi connectivity index (χ3n) is 1.61. The third kappa shape index (κ3) is 1.61. The monoisotopic (exact) mass is 175 g/mol. The van der Waals surface area contributed by atoms with Gasteiger partial charge in [0.1, 0.15) is 5.82 Å². The summed E-state index contributed by atoms with van der Waals surface area (Å²) in [5.41, 5.74) is 5.97. The summed E-state index contributed by atoms with van der Waals surface area (Å²) in [7, 11) is 0. The predicted molar refractivity (Wildman–Crippen MR) is 40.8 cm³/mol. The van der Waals surface area contributed by atoms with Crippen LogP contribution < -0.4 is 5.73 Å². The molecule has 0 aliphatic rings. The Balaban J connectivity index is 3.00. The van der Waals surface area contributed by atoms with Crippen LogP contribution >= 0.6 is 0 Å². The average Bonchev–Trinajstić information content (AvgIpc) is 2.30. The van der Waals surface area contributed by atoms with Crippen molar-refractivity contribution in [1.82, 2.24) is 9.55 Å². The molecule has 0 radical (unpaired) electrons. The molecule has 0 saturated carbocycles. The van der Waals surface area contributed by atoms with Crippen LogP contribution in [0.25, 0.3) is 0 Å². The molecule has 0 fully saturated rings. The molecule has 0 aliphatic carbocycles. The normalized spacial score (nSPS) is 13.8. The molecule has 2 N–H and O–H groups in total. The van der Waals surface area contributed by atoms with Gasteiger partial charge in [0.05, 0.1) is 5.69 Å². The number of aryl methyl sites for hydroxylation is 1. The van der Waals surface area contributed by atoms with Gasteiger partial charge in [-0.2, -0.15) is 8.78 Å². The Morgan fingerprint density at radius 3 is 2.42 bits per heavy atom. The van der Waals surface area contributed by atoms with E-state index >= 15 is 0 Å². The highest BCUT2D eigenvalue weighted by Crippen LogP contribution is 2.16. The first kappa shape index (κ1) is 9.12. The second-order valence-corrected chi connectivity index (χ2v) is 2.69. The lowest BCUT2D eigenvalue weighted by Gasteiger charge is -2.00. The van der Waals surface area contributed by atoms with Crippen LogP contribution in [-0.2, 0) is 0 Å². The average molecular weight is 175 g/mol. The van der Waals surface area contributed by atoms with Crippen LogP contribution in [-0.4, -0.2) is 9.55 Å². The minimum Gasteiger partial charge on any atom is -0.323 e. The van der Waals surface area contributed by atoms with Crippen molar-refractivity contribution in [2.45, 2.75) is 26.4 Å². The number of rotatable bonds is 2. The van der Waals surface area contributed by atoms with Crippen molar-refractivity contribution in [3.63, 3.8) is 0 Å². The lowest BCUT2D eigenvalue weighted by Crippen LogP contribution is -2.05. The van der Waals surface area contributed by atoms with E-state index in [1.807, 2.05) is 0 Å². The summed E-state index contributed by atoms with van der Waals surface area (Å²) < 4.78 is 25.2. The van der Waals surface area contributed by atoms with Gasteiger partial charge in [-0.15, -0.1) is 0 Å². The molecule has 1 rings (SSSR count). The summed E-state index contributed by atoms with van der Waals surface area (Å²) in [5, 5.41) is 0. The molecule has 68 valence electrons. The van der Waals surface area contributed by atoms with Crippen LogP contribution in [0.2, 0.25) is 0 Å². The summed E-state index contributed by atoms with van der Waals surface area (Å²) in [5.74, 6) is 0.289. The molecule has 0 aromatic carbocycles. The Morgan fingerprint density at radius 1 is 1.58 bits per heavy atom. The van der Waals surface area contributed by atoms with Gasteiger partial charge in [-0.25, -0.2) is 4.98 Å². The van der Waals surface area contributed by atoms with Gasteiger partial charge in [0.2, 0.25) is 0 Å². The van der Waals surface area contributed by atoms with E-state index < -0.39 is 6.55 Å². The number of nitrogens with zero attached hydrogens (tertiary/aromatic N) is 2. The first-order valence-electron chi connectivity index (χ1n) is 3.61. The van der Waals surface area contributed by atoms with Crippen LogP contribution in [0.1, 0.15) is 31.0 Å². The molecule has 1 heterocycles. The van der Waals surface area contributed by atoms with Gasteiger partial charge < -0.3 is 5.73 Å². The lowest BCUT2D eigenvalue weighted by molar-refractivity contribution is 0.0679. The topological polar surface area (TPSA) is 43.8 Å². The fourth-order valence-electron chi connectivity index (χ4n) is 0.926. The van der Waals surface area contributed by atoms with E-state index in [0.29, 0.717) is 5.69 Å². The second kappa shape index (κ2) is 3.18. The molecule has 12 heavy (non-hydrogen) atoms. The van der Waals surface area contributed by atoms with Crippen molar-refractivity contribution in [2.24, 2.45) is 5.73 Å². The van der Waals surface area contributed by atoms with Crippen molar-refractivity contribution < 1.29 is 8.78 Å². The quantitative estimate of drug-likeness (QED) is 0.742. The molecule has 3 nitrogen and oxygen atoms in total. The number of hydrogen-bond donors (Lipinski definition) is 1. The summed E-state index contributed by atoms with van der Waals surface area (Å²) in [6, 6.07) is -0.302. The lowest BCUT2D eigenvalue weighted by atomic mass is 10.3. The van der Waals surface area contributed by atoms with Crippen LogP contribution in [0.5, 0.6) is 0 Å². The van der Waals surface area contributed by atoms with Gasteiger partial charge in [-0.05, 0) is 13.8 Å². The highest BCUT2D eigenvalue weighted by atomic mass is 19.3. The standard InChI is InChI=1S/C7H11F2N3/c1-4(10)6-3-12(7(8)9)5(2)11-6/h3-4,7H,10H2,1-2H3/t4-/m1/s1. The Morgan fingerprint density at radius 2 is 2.17 bits per heavy atom. The minimum absolute atomic E-state index is 0.289. The van der Waals surface area contributed by atoms with Crippen molar-refractivity contribution in [3.8, 4) is 0 Å². The Labute approximate surface area is 69.2 Å². The van der Waals surface area contributed by atoms with Crippen molar-refractivity contribution >= 4 is 0 Å². The van der Waals surface area contributed by atoms with Crippen molar-refractivity contribution in [3.05, 3.63) is 17.7 Å². The Hall–Kier alpha value is -0.970. The van der Waals surface area contributed by atoms with Gasteiger partial charge >= 0.3 is 6.55 Å². The number of imidazole rings is 1. The SMILES string of the molecule is Cc1nc([C@@H](C)N)cn1C(F)F. The summed E-state index contributed by atoms with van der Waals surface area (Å²) in [6.07, 6.45) is 1.28. The highest BCUT2D eigenvalue weighted by molar-refractivity contribution is 5.06. The minimum atomic E-state index is -2.54. The first-order valence-corrected chi connectivity index (χ1v) is 3.61. The first-order chi connectivity index (χ1) is 5.52. The fourth-order valence-corrected chi connectivity index (χ4v) is 0.926. The van der Waals surface area contributed by atoms with Gasteiger partial charge in [-0.3, -0.25) is 4.57 Å². The molecule has 1 atom stereocenters. The van der Waals surface area contributed by atoms with E-state index in [1.165, 1.54) is 13.1 Å². The summed E-state index contributed by atoms with van der Waals surface area (Å²) >= 11 is 0. The van der Waals surface area contributed by atoms with E-state index in [1.54, 1.807) is 6.92 Å². The predicted octanol–water partition coefficient (Wildman–Crippen LogP) is 1.61. The van der Waals surface area contributed by atoms with Gasteiger partial charge in [0.25, 0.3) is 0 Å². The zero-order valence-electron chi connectivity index (χ0n) is 6.96. The zero-order valence-corrected chi connectivity index (χ0v) is 6.96. The largest absolute Gasteiger partial charge is 0.323 e.